The maximum atomic E-state index is 16.3. The minimum Gasteiger partial charge on any atom is -0.382 e. The molecule has 9 nitrogen and oxygen atoms in total. The first kappa shape index (κ1) is 28.2. The van der Waals surface area contributed by atoms with Gasteiger partial charge >= 0.3 is 0 Å². The van der Waals surface area contributed by atoms with E-state index in [2.05, 4.69) is 48.2 Å². The fourth-order valence-electron chi connectivity index (χ4n) is 5.25. The van der Waals surface area contributed by atoms with Crippen molar-refractivity contribution < 1.29 is 8.78 Å². The third kappa shape index (κ3) is 5.63. The van der Waals surface area contributed by atoms with Crippen molar-refractivity contribution in [2.75, 3.05) is 22.5 Å². The number of nitrogens with one attached hydrogen (secondary N) is 4. The Hall–Kier alpha value is -4.90. The van der Waals surface area contributed by atoms with E-state index in [1.165, 1.54) is 18.3 Å². The molecule has 0 spiro atoms. The molecule has 220 valence electrons. The lowest BCUT2D eigenvalue weighted by Crippen LogP contribution is -2.14. The van der Waals surface area contributed by atoms with E-state index in [4.69, 9.17) is 0 Å². The maximum Gasteiger partial charge on any atom is 0.161 e. The van der Waals surface area contributed by atoms with Crippen LogP contribution < -0.4 is 21.3 Å². The van der Waals surface area contributed by atoms with Gasteiger partial charge in [0.05, 0.1) is 33.8 Å². The molecule has 0 amide bonds. The Balaban J connectivity index is 1.36. The Morgan fingerprint density at radius 3 is 2.67 bits per heavy atom. The van der Waals surface area contributed by atoms with E-state index in [-0.39, 0.29) is 17.2 Å². The molecule has 1 aliphatic heterocycles. The van der Waals surface area contributed by atoms with E-state index in [9.17, 15) is 4.39 Å². The van der Waals surface area contributed by atoms with Crippen LogP contribution in [0.25, 0.3) is 39.1 Å². The number of aromatic nitrogens is 5. The van der Waals surface area contributed by atoms with Crippen molar-refractivity contribution in [1.82, 2.24) is 30.0 Å². The molecule has 1 aromatic carbocycles. The van der Waals surface area contributed by atoms with Gasteiger partial charge in [-0.2, -0.15) is 5.10 Å². The topological polar surface area (TPSA) is 105 Å². The minimum absolute atomic E-state index is 0.202. The molecular formula is C32H33F2N9. The van der Waals surface area contributed by atoms with Gasteiger partial charge in [-0.25, -0.2) is 18.4 Å². The van der Waals surface area contributed by atoms with E-state index in [0.717, 1.165) is 24.2 Å². The predicted molar refractivity (Wildman–Crippen MR) is 167 cm³/mol. The zero-order valence-corrected chi connectivity index (χ0v) is 24.5. The quantitative estimate of drug-likeness (QED) is 0.146. The lowest BCUT2D eigenvalue weighted by Gasteiger charge is -2.22. The Morgan fingerprint density at radius 2 is 1.86 bits per heavy atom. The molecule has 5 heterocycles. The van der Waals surface area contributed by atoms with Crippen LogP contribution >= 0.6 is 0 Å². The lowest BCUT2D eigenvalue weighted by atomic mass is 10.0. The summed E-state index contributed by atoms with van der Waals surface area (Å²) in [5.41, 5.74) is 6.58. The number of hydrogen-bond acceptors (Lipinski definition) is 8. The van der Waals surface area contributed by atoms with E-state index in [0.29, 0.717) is 57.3 Å². The molecular weight excluding hydrogens is 548 g/mol. The SMILES string of the molecule is CCCNCc1cc(F)cc(-c2nccc3c2NC=C(c2nn(C)c4ncc(-c5cncc(NC(C)C)c5)c(F)c24)N3)c1. The average molecular weight is 582 g/mol. The first-order valence-corrected chi connectivity index (χ1v) is 14.3. The summed E-state index contributed by atoms with van der Waals surface area (Å²) in [6.07, 6.45) is 9.22. The number of pyridine rings is 3. The smallest absolute Gasteiger partial charge is 0.161 e. The number of anilines is 3. The summed E-state index contributed by atoms with van der Waals surface area (Å²) in [7, 11) is 1.73. The summed E-state index contributed by atoms with van der Waals surface area (Å²) < 4.78 is 32.4. The van der Waals surface area contributed by atoms with Gasteiger partial charge in [0.15, 0.2) is 5.65 Å². The number of fused-ring (bicyclic) bond motifs is 2. The summed E-state index contributed by atoms with van der Waals surface area (Å²) >= 11 is 0. The van der Waals surface area contributed by atoms with Crippen molar-refractivity contribution in [1.29, 1.82) is 0 Å². The van der Waals surface area contributed by atoms with Gasteiger partial charge in [-0.15, -0.1) is 0 Å². The zero-order chi connectivity index (χ0) is 30.1. The van der Waals surface area contributed by atoms with Crippen LogP contribution in [-0.4, -0.2) is 37.3 Å². The molecule has 0 unspecified atom stereocenters. The highest BCUT2D eigenvalue weighted by Gasteiger charge is 2.25. The molecule has 0 saturated carbocycles. The third-order valence-corrected chi connectivity index (χ3v) is 7.12. The predicted octanol–water partition coefficient (Wildman–Crippen LogP) is 6.53. The van der Waals surface area contributed by atoms with E-state index in [1.54, 1.807) is 36.5 Å². The largest absolute Gasteiger partial charge is 0.382 e. The third-order valence-electron chi connectivity index (χ3n) is 7.12. The molecule has 0 saturated heterocycles. The maximum absolute atomic E-state index is 16.3. The highest BCUT2D eigenvalue weighted by Crippen LogP contribution is 2.39. The second-order valence-corrected chi connectivity index (χ2v) is 10.9. The van der Waals surface area contributed by atoms with Crippen molar-refractivity contribution in [3.05, 3.63) is 84.2 Å². The second-order valence-electron chi connectivity index (χ2n) is 10.9. The number of nitrogens with zero attached hydrogens (tertiary/aromatic N) is 5. The summed E-state index contributed by atoms with van der Waals surface area (Å²) in [5, 5.41) is 18.2. The summed E-state index contributed by atoms with van der Waals surface area (Å²) in [6, 6.07) is 8.81. The van der Waals surface area contributed by atoms with Crippen LogP contribution in [0.15, 0.2) is 61.3 Å². The van der Waals surface area contributed by atoms with Crippen LogP contribution in [0.2, 0.25) is 0 Å². The van der Waals surface area contributed by atoms with Crippen molar-refractivity contribution in [2.45, 2.75) is 39.8 Å². The number of aryl methyl sites for hydroxylation is 1. The van der Waals surface area contributed by atoms with Crippen LogP contribution in [0.1, 0.15) is 38.4 Å². The number of rotatable bonds is 9. The van der Waals surface area contributed by atoms with E-state index < -0.39 is 5.82 Å². The van der Waals surface area contributed by atoms with Gasteiger partial charge in [0.25, 0.3) is 0 Å². The average Bonchev–Trinajstić information content (AvgIpc) is 3.33. The monoisotopic (exact) mass is 581 g/mol. The van der Waals surface area contributed by atoms with Crippen LogP contribution in [0.3, 0.4) is 0 Å². The zero-order valence-electron chi connectivity index (χ0n) is 24.5. The van der Waals surface area contributed by atoms with Crippen molar-refractivity contribution in [3.8, 4) is 22.4 Å². The van der Waals surface area contributed by atoms with Crippen molar-refractivity contribution in [2.24, 2.45) is 7.05 Å². The number of hydrogen-bond donors (Lipinski definition) is 4. The molecule has 4 aromatic heterocycles. The molecule has 0 radical (unpaired) electrons. The van der Waals surface area contributed by atoms with Gasteiger partial charge in [0.1, 0.15) is 17.3 Å². The highest BCUT2D eigenvalue weighted by molar-refractivity contribution is 5.99. The molecule has 4 N–H and O–H groups in total. The van der Waals surface area contributed by atoms with Crippen LogP contribution in [-0.2, 0) is 13.6 Å². The van der Waals surface area contributed by atoms with E-state index >= 15 is 4.39 Å². The normalized spacial score (nSPS) is 12.6. The van der Waals surface area contributed by atoms with Crippen LogP contribution in [0.4, 0.5) is 25.8 Å². The molecule has 5 aromatic rings. The standard InChI is InChI=1S/C32H33F2N9/c1-5-7-35-13-19-9-20(11-22(33)10-19)29-31-25(6-8-37-29)41-26(17-38-31)30-27-28(34)24(16-39-32(27)43(4)42-30)21-12-23(15-36-14-21)40-18(2)3/h6,8-12,14-18,35,38,40-41H,5,7,13H2,1-4H3. The first-order valence-electron chi connectivity index (χ1n) is 14.3. The molecule has 0 atom stereocenters. The van der Waals surface area contributed by atoms with Gasteiger partial charge in [0.2, 0.25) is 0 Å². The van der Waals surface area contributed by atoms with Gasteiger partial charge in [-0.05, 0) is 62.7 Å². The van der Waals surface area contributed by atoms with Gasteiger partial charge in [-0.1, -0.05) is 6.92 Å². The molecule has 0 aliphatic carbocycles. The van der Waals surface area contributed by atoms with Crippen LogP contribution in [0, 0.1) is 11.6 Å². The molecule has 11 heteroatoms. The summed E-state index contributed by atoms with van der Waals surface area (Å²) in [4.78, 5) is 13.4. The molecule has 0 fully saturated rings. The Bertz CT molecular complexity index is 1840. The second kappa shape index (κ2) is 11.8. The van der Waals surface area contributed by atoms with Gasteiger partial charge < -0.3 is 21.3 Å². The molecule has 0 bridgehead atoms. The highest BCUT2D eigenvalue weighted by atomic mass is 19.1. The van der Waals surface area contributed by atoms with Crippen molar-refractivity contribution >= 4 is 33.8 Å². The Kier molecular flexibility index (Phi) is 7.73. The Labute approximate surface area is 248 Å². The first-order chi connectivity index (χ1) is 20.8. The number of halogens is 2. The minimum atomic E-state index is -0.440. The Morgan fingerprint density at radius 1 is 1.00 bits per heavy atom. The summed E-state index contributed by atoms with van der Waals surface area (Å²) in [6.45, 7) is 7.55. The fraction of sp³-hybridized carbons (Fsp3) is 0.250. The summed E-state index contributed by atoms with van der Waals surface area (Å²) in [5.74, 6) is -0.769. The van der Waals surface area contributed by atoms with Gasteiger partial charge in [-0.3, -0.25) is 9.97 Å². The molecule has 43 heavy (non-hydrogen) atoms. The molecule has 1 aliphatic rings. The van der Waals surface area contributed by atoms with Crippen molar-refractivity contribution in [3.63, 3.8) is 0 Å². The molecule has 6 rings (SSSR count). The lowest BCUT2D eigenvalue weighted by molar-refractivity contribution is 0.619. The van der Waals surface area contributed by atoms with Gasteiger partial charge in [0, 0.05) is 67.3 Å². The number of benzene rings is 1. The van der Waals surface area contributed by atoms with E-state index in [1.807, 2.05) is 32.0 Å². The van der Waals surface area contributed by atoms with Crippen LogP contribution in [0.5, 0.6) is 0 Å². The fourth-order valence-corrected chi connectivity index (χ4v) is 5.25.